The molecule has 18 heavy (non-hydrogen) atoms. The molecule has 1 rings (SSSR count). The summed E-state index contributed by atoms with van der Waals surface area (Å²) in [6, 6.07) is -0.508. The smallest absolute Gasteiger partial charge is 0.241 e. The van der Waals surface area contributed by atoms with Crippen molar-refractivity contribution < 1.29 is 9.53 Å². The number of carbonyl (C=O) groups excluding carboxylic acids is 1. The molecule has 0 bridgehead atoms. The number of piperidine rings is 1. The highest BCUT2D eigenvalue weighted by Crippen LogP contribution is 2.34. The van der Waals surface area contributed by atoms with Gasteiger partial charge in [-0.1, -0.05) is 20.8 Å². The molecule has 0 aromatic rings. The Bertz CT molecular complexity index is 258. The Labute approximate surface area is 117 Å². The van der Waals surface area contributed by atoms with Crippen LogP contribution in [0, 0.1) is 11.3 Å². The van der Waals surface area contributed by atoms with Crippen molar-refractivity contribution in [3.05, 3.63) is 0 Å². The Morgan fingerprint density at radius 3 is 2.28 bits per heavy atom. The Hall–Kier alpha value is -0.320. The van der Waals surface area contributed by atoms with Crippen LogP contribution in [0.3, 0.4) is 0 Å². The van der Waals surface area contributed by atoms with Gasteiger partial charge < -0.3 is 15.4 Å². The molecule has 0 aromatic heterocycles. The van der Waals surface area contributed by atoms with E-state index in [4.69, 9.17) is 10.5 Å². The van der Waals surface area contributed by atoms with E-state index < -0.39 is 6.04 Å². The van der Waals surface area contributed by atoms with E-state index in [0.717, 1.165) is 25.9 Å². The molecule has 1 aliphatic rings. The van der Waals surface area contributed by atoms with Gasteiger partial charge in [0.2, 0.25) is 5.91 Å². The maximum absolute atomic E-state index is 12.0. The van der Waals surface area contributed by atoms with Crippen molar-refractivity contribution in [2.75, 3.05) is 26.8 Å². The van der Waals surface area contributed by atoms with Crippen LogP contribution < -0.4 is 5.73 Å². The highest BCUT2D eigenvalue weighted by atomic mass is 35.5. The van der Waals surface area contributed by atoms with Crippen LogP contribution in [-0.4, -0.2) is 43.7 Å². The van der Waals surface area contributed by atoms with Gasteiger partial charge in [0.15, 0.2) is 0 Å². The lowest BCUT2D eigenvalue weighted by Gasteiger charge is -2.39. The molecule has 1 fully saturated rings. The molecule has 1 atom stereocenters. The summed E-state index contributed by atoms with van der Waals surface area (Å²) in [6.45, 7) is 8.78. The molecular weight excluding hydrogens is 252 g/mol. The number of halogens is 1. The highest BCUT2D eigenvalue weighted by molar-refractivity contribution is 5.85. The van der Waals surface area contributed by atoms with Crippen LogP contribution in [0.15, 0.2) is 0 Å². The van der Waals surface area contributed by atoms with Crippen LogP contribution in [0.1, 0.15) is 33.6 Å². The van der Waals surface area contributed by atoms with Crippen molar-refractivity contribution >= 4 is 18.3 Å². The summed E-state index contributed by atoms with van der Waals surface area (Å²) in [6.07, 6.45) is 2.16. The predicted octanol–water partition coefficient (Wildman–Crippen LogP) is 1.67. The number of hydrogen-bond acceptors (Lipinski definition) is 3. The summed E-state index contributed by atoms with van der Waals surface area (Å²) in [5.41, 5.74) is 6.10. The summed E-state index contributed by atoms with van der Waals surface area (Å²) in [5.74, 6) is 0.726. The maximum atomic E-state index is 12.0. The average molecular weight is 279 g/mol. The molecule has 1 unspecified atom stereocenters. The molecule has 1 saturated heterocycles. The van der Waals surface area contributed by atoms with Crippen molar-refractivity contribution in [3.63, 3.8) is 0 Å². The second kappa shape index (κ2) is 7.31. The minimum atomic E-state index is -0.508. The molecule has 5 heteroatoms. The molecular formula is C13H27ClN2O2. The zero-order valence-corrected chi connectivity index (χ0v) is 12.8. The number of nitrogens with two attached hydrogens (primary N) is 1. The van der Waals surface area contributed by atoms with Crippen molar-refractivity contribution in [2.45, 2.75) is 39.7 Å². The summed E-state index contributed by atoms with van der Waals surface area (Å²) in [5, 5.41) is 0. The minimum absolute atomic E-state index is 0. The molecule has 108 valence electrons. The van der Waals surface area contributed by atoms with E-state index in [1.54, 1.807) is 7.11 Å². The minimum Gasteiger partial charge on any atom is -0.383 e. The second-order valence-corrected chi connectivity index (χ2v) is 6.03. The molecule has 1 amide bonds. The monoisotopic (exact) mass is 278 g/mol. The van der Waals surface area contributed by atoms with Gasteiger partial charge in [0.25, 0.3) is 0 Å². The fourth-order valence-corrected chi connectivity index (χ4v) is 2.45. The van der Waals surface area contributed by atoms with Crippen LogP contribution in [0.2, 0.25) is 0 Å². The molecule has 1 aliphatic heterocycles. The highest BCUT2D eigenvalue weighted by Gasteiger charge is 2.31. The lowest BCUT2D eigenvalue weighted by Crippen LogP contribution is -2.49. The molecule has 0 aromatic carbocycles. The van der Waals surface area contributed by atoms with Gasteiger partial charge in [-0.15, -0.1) is 12.4 Å². The van der Waals surface area contributed by atoms with Crippen LogP contribution in [0.25, 0.3) is 0 Å². The van der Waals surface area contributed by atoms with E-state index in [1.165, 1.54) is 0 Å². The Kier molecular flexibility index (Phi) is 7.18. The lowest BCUT2D eigenvalue weighted by atomic mass is 9.75. The van der Waals surface area contributed by atoms with Gasteiger partial charge >= 0.3 is 0 Å². The van der Waals surface area contributed by atoms with Crippen molar-refractivity contribution in [1.82, 2.24) is 4.90 Å². The van der Waals surface area contributed by atoms with Crippen molar-refractivity contribution in [1.29, 1.82) is 0 Å². The van der Waals surface area contributed by atoms with Gasteiger partial charge in [0.1, 0.15) is 6.04 Å². The van der Waals surface area contributed by atoms with Gasteiger partial charge in [0.05, 0.1) is 6.61 Å². The Balaban J connectivity index is 0.00000289. The normalized spacial score (nSPS) is 19.3. The molecule has 4 nitrogen and oxygen atoms in total. The second-order valence-electron chi connectivity index (χ2n) is 6.03. The summed E-state index contributed by atoms with van der Waals surface area (Å²) >= 11 is 0. The summed E-state index contributed by atoms with van der Waals surface area (Å²) in [4.78, 5) is 13.8. The number of ether oxygens (including phenoxy) is 1. The number of rotatable bonds is 3. The quantitative estimate of drug-likeness (QED) is 0.854. The third-order valence-electron chi connectivity index (χ3n) is 3.69. The van der Waals surface area contributed by atoms with Gasteiger partial charge in [0, 0.05) is 20.2 Å². The SMILES string of the molecule is COCC(N)C(=O)N1CCC(C(C)(C)C)CC1.Cl. The fourth-order valence-electron chi connectivity index (χ4n) is 2.45. The van der Waals surface area contributed by atoms with E-state index in [0.29, 0.717) is 17.9 Å². The van der Waals surface area contributed by atoms with E-state index in [1.807, 2.05) is 4.90 Å². The Morgan fingerprint density at radius 1 is 1.39 bits per heavy atom. The summed E-state index contributed by atoms with van der Waals surface area (Å²) < 4.78 is 4.92. The van der Waals surface area contributed by atoms with Crippen molar-refractivity contribution in [3.8, 4) is 0 Å². The number of methoxy groups -OCH3 is 1. The Morgan fingerprint density at radius 2 is 1.89 bits per heavy atom. The van der Waals surface area contributed by atoms with Crippen LogP contribution in [-0.2, 0) is 9.53 Å². The maximum Gasteiger partial charge on any atom is 0.241 e. The first-order chi connectivity index (χ1) is 7.86. The average Bonchev–Trinajstić information content (AvgIpc) is 2.27. The third kappa shape index (κ3) is 4.75. The number of hydrogen-bond donors (Lipinski definition) is 1. The van der Waals surface area contributed by atoms with Crippen LogP contribution in [0.5, 0.6) is 0 Å². The van der Waals surface area contributed by atoms with Gasteiger partial charge in [-0.25, -0.2) is 0 Å². The van der Waals surface area contributed by atoms with Gasteiger partial charge in [-0.3, -0.25) is 4.79 Å². The molecule has 2 N–H and O–H groups in total. The molecule has 0 radical (unpaired) electrons. The molecule has 0 saturated carbocycles. The van der Waals surface area contributed by atoms with Gasteiger partial charge in [-0.2, -0.15) is 0 Å². The topological polar surface area (TPSA) is 55.6 Å². The van der Waals surface area contributed by atoms with Crippen molar-refractivity contribution in [2.24, 2.45) is 17.1 Å². The van der Waals surface area contributed by atoms with E-state index >= 15 is 0 Å². The number of nitrogens with zero attached hydrogens (tertiary/aromatic N) is 1. The first-order valence-electron chi connectivity index (χ1n) is 6.39. The fraction of sp³-hybridized carbons (Fsp3) is 0.923. The predicted molar refractivity (Wildman–Crippen MR) is 75.9 cm³/mol. The number of carbonyl (C=O) groups is 1. The van der Waals surface area contributed by atoms with Crippen LogP contribution in [0.4, 0.5) is 0 Å². The molecule has 1 heterocycles. The first kappa shape index (κ1) is 17.7. The standard InChI is InChI=1S/C13H26N2O2.ClH/c1-13(2,3)10-5-7-15(8-6-10)12(16)11(14)9-17-4;/h10-11H,5-9,14H2,1-4H3;1H. The first-order valence-corrected chi connectivity index (χ1v) is 6.39. The van der Waals surface area contributed by atoms with E-state index in [-0.39, 0.29) is 18.3 Å². The van der Waals surface area contributed by atoms with Gasteiger partial charge in [-0.05, 0) is 24.2 Å². The van der Waals surface area contributed by atoms with E-state index in [2.05, 4.69) is 20.8 Å². The summed E-state index contributed by atoms with van der Waals surface area (Å²) in [7, 11) is 1.57. The van der Waals surface area contributed by atoms with Crippen LogP contribution >= 0.6 is 12.4 Å². The third-order valence-corrected chi connectivity index (χ3v) is 3.69. The zero-order valence-electron chi connectivity index (χ0n) is 11.9. The molecule has 0 spiro atoms. The van der Waals surface area contributed by atoms with E-state index in [9.17, 15) is 4.79 Å². The number of likely N-dealkylation sites (tertiary alicyclic amines) is 1. The lowest BCUT2D eigenvalue weighted by molar-refractivity contribution is -0.135. The largest absolute Gasteiger partial charge is 0.383 e. The zero-order chi connectivity index (χ0) is 13.1. The molecule has 0 aliphatic carbocycles. The number of amides is 1.